The van der Waals surface area contributed by atoms with Gasteiger partial charge in [0.25, 0.3) is 0 Å². The van der Waals surface area contributed by atoms with Crippen molar-refractivity contribution in [1.29, 1.82) is 0 Å². The van der Waals surface area contributed by atoms with E-state index in [-0.39, 0.29) is 6.61 Å². The van der Waals surface area contributed by atoms with E-state index in [2.05, 4.69) is 54.2 Å². The fourth-order valence-corrected chi connectivity index (χ4v) is 3.74. The third-order valence-corrected chi connectivity index (χ3v) is 5.36. The summed E-state index contributed by atoms with van der Waals surface area (Å²) in [6, 6.07) is 0.476. The summed E-state index contributed by atoms with van der Waals surface area (Å²) in [4.78, 5) is 5.13. The molecule has 5 nitrogen and oxygen atoms in total. The SMILES string of the molecule is CCn1nc(C)c(CN2CCN(CCC(C)C)C(CCO)C2)c1C. The van der Waals surface area contributed by atoms with E-state index in [9.17, 15) is 5.11 Å². The number of aryl methyl sites for hydroxylation is 2. The molecule has 0 saturated carbocycles. The minimum atomic E-state index is 0.280. The minimum absolute atomic E-state index is 0.280. The summed E-state index contributed by atoms with van der Waals surface area (Å²) in [5, 5.41) is 14.1. The van der Waals surface area contributed by atoms with Gasteiger partial charge in [0.2, 0.25) is 0 Å². The Hall–Kier alpha value is -0.910. The quantitative estimate of drug-likeness (QED) is 0.792. The number of piperazine rings is 1. The van der Waals surface area contributed by atoms with Crippen LogP contribution in [0.1, 0.15) is 50.6 Å². The summed E-state index contributed by atoms with van der Waals surface area (Å²) in [6.45, 7) is 17.6. The Morgan fingerprint density at radius 1 is 1.25 bits per heavy atom. The second-order valence-corrected chi connectivity index (χ2v) is 7.58. The number of nitrogens with zero attached hydrogens (tertiary/aromatic N) is 4. The lowest BCUT2D eigenvalue weighted by Gasteiger charge is -2.41. The van der Waals surface area contributed by atoms with Gasteiger partial charge in [0.15, 0.2) is 0 Å². The van der Waals surface area contributed by atoms with Crippen LogP contribution in [0.4, 0.5) is 0 Å². The Balaban J connectivity index is 2.00. The van der Waals surface area contributed by atoms with Crippen LogP contribution >= 0.6 is 0 Å². The molecule has 2 heterocycles. The molecule has 1 saturated heterocycles. The summed E-state index contributed by atoms with van der Waals surface area (Å²) < 4.78 is 2.11. The fourth-order valence-electron chi connectivity index (χ4n) is 3.74. The van der Waals surface area contributed by atoms with Crippen molar-refractivity contribution in [3.63, 3.8) is 0 Å². The summed E-state index contributed by atoms with van der Waals surface area (Å²) in [5.74, 6) is 0.739. The van der Waals surface area contributed by atoms with E-state index in [1.165, 1.54) is 17.7 Å². The number of aromatic nitrogens is 2. The molecule has 1 aromatic rings. The molecule has 0 amide bonds. The molecule has 0 aromatic carbocycles. The van der Waals surface area contributed by atoms with Gasteiger partial charge in [0, 0.05) is 56.6 Å². The van der Waals surface area contributed by atoms with Crippen LogP contribution in [0.5, 0.6) is 0 Å². The van der Waals surface area contributed by atoms with Gasteiger partial charge in [-0.15, -0.1) is 0 Å². The fraction of sp³-hybridized carbons (Fsp3) is 0.842. The van der Waals surface area contributed by atoms with Gasteiger partial charge in [-0.05, 0) is 46.1 Å². The number of hydrogen-bond donors (Lipinski definition) is 1. The van der Waals surface area contributed by atoms with Crippen LogP contribution in [0.15, 0.2) is 0 Å². The smallest absolute Gasteiger partial charge is 0.0641 e. The van der Waals surface area contributed by atoms with Crippen molar-refractivity contribution in [3.05, 3.63) is 17.0 Å². The Kier molecular flexibility index (Phi) is 7.26. The van der Waals surface area contributed by atoms with Crippen LogP contribution in [0.2, 0.25) is 0 Å². The Morgan fingerprint density at radius 2 is 2.00 bits per heavy atom. The standard InChI is InChI=1S/C19H36N4O/c1-6-23-17(5)19(16(4)20-23)14-21-10-11-22(9-7-15(2)3)18(13-21)8-12-24/h15,18,24H,6-14H2,1-5H3. The van der Waals surface area contributed by atoms with E-state index in [0.29, 0.717) is 6.04 Å². The zero-order valence-corrected chi connectivity index (χ0v) is 16.3. The average Bonchev–Trinajstić information content (AvgIpc) is 2.81. The molecule has 1 aliphatic heterocycles. The normalized spacial score (nSPS) is 20.2. The first kappa shape index (κ1) is 19.4. The van der Waals surface area contributed by atoms with Crippen molar-refractivity contribution < 1.29 is 5.11 Å². The van der Waals surface area contributed by atoms with Crippen LogP contribution in [0.25, 0.3) is 0 Å². The van der Waals surface area contributed by atoms with E-state index in [1.54, 1.807) is 0 Å². The lowest BCUT2D eigenvalue weighted by molar-refractivity contribution is 0.0522. The number of hydrogen-bond acceptors (Lipinski definition) is 4. The van der Waals surface area contributed by atoms with E-state index in [0.717, 1.165) is 57.3 Å². The maximum atomic E-state index is 9.45. The predicted molar refractivity (Wildman–Crippen MR) is 99.2 cm³/mol. The molecular formula is C19H36N4O. The van der Waals surface area contributed by atoms with Gasteiger partial charge in [0.1, 0.15) is 0 Å². The molecule has 138 valence electrons. The molecule has 1 N–H and O–H groups in total. The second-order valence-electron chi connectivity index (χ2n) is 7.58. The second kappa shape index (κ2) is 8.97. The largest absolute Gasteiger partial charge is 0.396 e. The summed E-state index contributed by atoms with van der Waals surface area (Å²) in [6.07, 6.45) is 2.12. The Labute approximate surface area is 147 Å². The van der Waals surface area contributed by atoms with Crippen LogP contribution in [0.3, 0.4) is 0 Å². The molecule has 0 aliphatic carbocycles. The summed E-state index contributed by atoms with van der Waals surface area (Å²) in [7, 11) is 0. The van der Waals surface area contributed by atoms with Gasteiger partial charge in [-0.2, -0.15) is 5.10 Å². The average molecular weight is 337 g/mol. The van der Waals surface area contributed by atoms with Crippen molar-refractivity contribution in [1.82, 2.24) is 19.6 Å². The van der Waals surface area contributed by atoms with E-state index in [4.69, 9.17) is 0 Å². The van der Waals surface area contributed by atoms with E-state index in [1.807, 2.05) is 0 Å². The molecule has 0 bridgehead atoms. The molecule has 1 aliphatic rings. The first-order chi connectivity index (χ1) is 11.5. The maximum absolute atomic E-state index is 9.45. The Morgan fingerprint density at radius 3 is 2.58 bits per heavy atom. The first-order valence-electron chi connectivity index (χ1n) is 9.56. The lowest BCUT2D eigenvalue weighted by Crippen LogP contribution is -2.53. The van der Waals surface area contributed by atoms with Gasteiger partial charge in [-0.1, -0.05) is 13.8 Å². The molecule has 2 rings (SSSR count). The lowest BCUT2D eigenvalue weighted by atomic mass is 10.0. The van der Waals surface area contributed by atoms with Gasteiger partial charge >= 0.3 is 0 Å². The summed E-state index contributed by atoms with van der Waals surface area (Å²) in [5.41, 5.74) is 3.85. The molecule has 1 atom stereocenters. The summed E-state index contributed by atoms with van der Waals surface area (Å²) >= 11 is 0. The highest BCUT2D eigenvalue weighted by molar-refractivity contribution is 5.24. The molecular weight excluding hydrogens is 300 g/mol. The van der Waals surface area contributed by atoms with Crippen LogP contribution in [0, 0.1) is 19.8 Å². The topological polar surface area (TPSA) is 44.5 Å². The van der Waals surface area contributed by atoms with Crippen molar-refractivity contribution in [2.75, 3.05) is 32.8 Å². The van der Waals surface area contributed by atoms with Crippen molar-refractivity contribution in [2.45, 2.75) is 66.6 Å². The van der Waals surface area contributed by atoms with Crippen molar-refractivity contribution in [3.8, 4) is 0 Å². The zero-order valence-electron chi connectivity index (χ0n) is 16.3. The van der Waals surface area contributed by atoms with E-state index >= 15 is 0 Å². The van der Waals surface area contributed by atoms with Gasteiger partial charge < -0.3 is 5.11 Å². The highest BCUT2D eigenvalue weighted by Crippen LogP contribution is 2.20. The third kappa shape index (κ3) is 4.80. The Bertz CT molecular complexity index is 512. The monoisotopic (exact) mass is 336 g/mol. The number of rotatable bonds is 8. The van der Waals surface area contributed by atoms with Gasteiger partial charge in [-0.25, -0.2) is 0 Å². The van der Waals surface area contributed by atoms with E-state index < -0.39 is 0 Å². The molecule has 24 heavy (non-hydrogen) atoms. The van der Waals surface area contributed by atoms with Crippen LogP contribution in [-0.4, -0.2) is 63.5 Å². The highest BCUT2D eigenvalue weighted by atomic mass is 16.3. The highest BCUT2D eigenvalue weighted by Gasteiger charge is 2.27. The minimum Gasteiger partial charge on any atom is -0.396 e. The van der Waals surface area contributed by atoms with Crippen LogP contribution in [-0.2, 0) is 13.1 Å². The van der Waals surface area contributed by atoms with Gasteiger partial charge in [-0.3, -0.25) is 14.5 Å². The predicted octanol–water partition coefficient (Wildman–Crippen LogP) is 2.43. The molecule has 5 heteroatoms. The van der Waals surface area contributed by atoms with Gasteiger partial charge in [0.05, 0.1) is 5.69 Å². The maximum Gasteiger partial charge on any atom is 0.0641 e. The molecule has 0 spiro atoms. The third-order valence-electron chi connectivity index (χ3n) is 5.36. The van der Waals surface area contributed by atoms with Crippen molar-refractivity contribution >= 4 is 0 Å². The first-order valence-corrected chi connectivity index (χ1v) is 9.56. The molecule has 1 fully saturated rings. The molecule has 1 unspecified atom stereocenters. The van der Waals surface area contributed by atoms with Crippen molar-refractivity contribution in [2.24, 2.45) is 5.92 Å². The zero-order chi connectivity index (χ0) is 17.7. The number of aliphatic hydroxyl groups is 1. The molecule has 1 aromatic heterocycles. The molecule has 0 radical (unpaired) electrons. The number of aliphatic hydroxyl groups excluding tert-OH is 1. The van der Waals surface area contributed by atoms with Crippen LogP contribution < -0.4 is 0 Å².